The lowest BCUT2D eigenvalue weighted by Crippen LogP contribution is -2.52. The van der Waals surface area contributed by atoms with Crippen LogP contribution in [-0.2, 0) is 16.1 Å². The van der Waals surface area contributed by atoms with E-state index >= 15 is 0 Å². The number of fused-ring (bicyclic) bond motifs is 1. The first-order valence-corrected chi connectivity index (χ1v) is 9.78. The fourth-order valence-corrected chi connectivity index (χ4v) is 3.93. The number of imide groups is 1. The molecular formula is C22H19F2N3O4. The molecule has 1 saturated heterocycles. The van der Waals surface area contributed by atoms with Crippen molar-refractivity contribution in [2.24, 2.45) is 0 Å². The number of rotatable bonds is 4. The van der Waals surface area contributed by atoms with Crippen molar-refractivity contribution in [2.45, 2.75) is 38.4 Å². The van der Waals surface area contributed by atoms with E-state index in [4.69, 9.17) is 0 Å². The summed E-state index contributed by atoms with van der Waals surface area (Å²) in [6.07, 6.45) is 0.403. The topological polar surface area (TPSA) is 95.6 Å². The van der Waals surface area contributed by atoms with Gasteiger partial charge in [-0.05, 0) is 43.2 Å². The molecule has 4 amide bonds. The molecule has 2 atom stereocenters. The summed E-state index contributed by atoms with van der Waals surface area (Å²) in [4.78, 5) is 50.2. The second kappa shape index (κ2) is 7.90. The molecule has 2 aromatic rings. The predicted octanol–water partition coefficient (Wildman–Crippen LogP) is 2.22. The van der Waals surface area contributed by atoms with Crippen LogP contribution in [0.15, 0.2) is 36.4 Å². The molecule has 0 saturated carbocycles. The van der Waals surface area contributed by atoms with Crippen molar-refractivity contribution in [3.05, 3.63) is 70.3 Å². The van der Waals surface area contributed by atoms with Crippen LogP contribution in [0.1, 0.15) is 57.7 Å². The highest BCUT2D eigenvalue weighted by Gasteiger charge is 2.39. The van der Waals surface area contributed by atoms with Crippen LogP contribution in [0.4, 0.5) is 8.78 Å². The Balaban J connectivity index is 1.49. The minimum Gasteiger partial charge on any atom is -0.345 e. The molecule has 31 heavy (non-hydrogen) atoms. The Hall–Kier alpha value is -3.62. The third kappa shape index (κ3) is 3.90. The summed E-state index contributed by atoms with van der Waals surface area (Å²) >= 11 is 0. The maximum atomic E-state index is 14.0. The van der Waals surface area contributed by atoms with Gasteiger partial charge >= 0.3 is 0 Å². The summed E-state index contributed by atoms with van der Waals surface area (Å²) in [7, 11) is 0. The van der Waals surface area contributed by atoms with Crippen LogP contribution in [0.3, 0.4) is 0 Å². The highest BCUT2D eigenvalue weighted by atomic mass is 19.1. The molecule has 0 spiro atoms. The Morgan fingerprint density at radius 3 is 2.65 bits per heavy atom. The van der Waals surface area contributed by atoms with Gasteiger partial charge in [0.2, 0.25) is 11.8 Å². The van der Waals surface area contributed by atoms with Crippen molar-refractivity contribution in [1.82, 2.24) is 15.5 Å². The van der Waals surface area contributed by atoms with Crippen LogP contribution in [0, 0.1) is 11.6 Å². The molecule has 160 valence electrons. The Bertz CT molecular complexity index is 1120. The summed E-state index contributed by atoms with van der Waals surface area (Å²) in [5, 5.41) is 4.90. The van der Waals surface area contributed by atoms with Crippen molar-refractivity contribution in [3.63, 3.8) is 0 Å². The first-order valence-electron chi connectivity index (χ1n) is 9.78. The smallest absolute Gasteiger partial charge is 0.255 e. The number of hydrogen-bond acceptors (Lipinski definition) is 4. The number of carbonyl (C=O) groups is 4. The first-order chi connectivity index (χ1) is 14.7. The minimum absolute atomic E-state index is 0.143. The third-order valence-corrected chi connectivity index (χ3v) is 5.56. The molecule has 0 aromatic heterocycles. The lowest BCUT2D eigenvalue weighted by molar-refractivity contribution is -0.136. The van der Waals surface area contributed by atoms with Crippen LogP contribution in [0.5, 0.6) is 0 Å². The summed E-state index contributed by atoms with van der Waals surface area (Å²) < 4.78 is 27.1. The molecule has 0 aliphatic carbocycles. The second-order valence-corrected chi connectivity index (χ2v) is 7.63. The summed E-state index contributed by atoms with van der Waals surface area (Å²) in [5.41, 5.74) is 1.39. The molecule has 0 bridgehead atoms. The van der Waals surface area contributed by atoms with Gasteiger partial charge in [0, 0.05) is 35.7 Å². The fraction of sp³-hybridized carbons (Fsp3) is 0.273. The van der Waals surface area contributed by atoms with Gasteiger partial charge in [-0.25, -0.2) is 8.78 Å². The third-order valence-electron chi connectivity index (χ3n) is 5.56. The molecule has 4 rings (SSSR count). The normalized spacial score (nSPS) is 19.1. The molecule has 2 heterocycles. The molecule has 7 nitrogen and oxygen atoms in total. The van der Waals surface area contributed by atoms with Crippen molar-refractivity contribution in [1.29, 1.82) is 0 Å². The van der Waals surface area contributed by atoms with Crippen molar-refractivity contribution >= 4 is 23.6 Å². The van der Waals surface area contributed by atoms with E-state index in [0.29, 0.717) is 11.1 Å². The zero-order valence-electron chi connectivity index (χ0n) is 16.6. The molecule has 2 N–H and O–H groups in total. The SMILES string of the molecule is CC(NC(=O)c1ccc2c(c1)CN(C1CCC(=O)NC1=O)C2=O)c1ccc(F)cc1F. The van der Waals surface area contributed by atoms with Gasteiger partial charge < -0.3 is 10.2 Å². The maximum Gasteiger partial charge on any atom is 0.255 e. The quantitative estimate of drug-likeness (QED) is 0.732. The number of nitrogens with zero attached hydrogens (tertiary/aromatic N) is 1. The van der Waals surface area contributed by atoms with E-state index in [2.05, 4.69) is 10.6 Å². The van der Waals surface area contributed by atoms with E-state index in [1.807, 2.05) is 0 Å². The Kier molecular flexibility index (Phi) is 5.26. The summed E-state index contributed by atoms with van der Waals surface area (Å²) in [6, 6.07) is 6.25. The van der Waals surface area contributed by atoms with Gasteiger partial charge in [0.25, 0.3) is 11.8 Å². The van der Waals surface area contributed by atoms with Gasteiger partial charge in [-0.1, -0.05) is 6.07 Å². The van der Waals surface area contributed by atoms with E-state index in [-0.39, 0.29) is 42.3 Å². The Morgan fingerprint density at radius 1 is 1.16 bits per heavy atom. The lowest BCUT2D eigenvalue weighted by Gasteiger charge is -2.29. The minimum atomic E-state index is -0.757. The zero-order chi connectivity index (χ0) is 22.3. The average molecular weight is 427 g/mol. The van der Waals surface area contributed by atoms with E-state index in [9.17, 15) is 28.0 Å². The summed E-state index contributed by atoms with van der Waals surface area (Å²) in [6.45, 7) is 1.72. The number of hydrogen-bond donors (Lipinski definition) is 2. The molecule has 2 aliphatic rings. The average Bonchev–Trinajstić information content (AvgIpc) is 3.03. The van der Waals surface area contributed by atoms with Crippen molar-refractivity contribution in [2.75, 3.05) is 0 Å². The van der Waals surface area contributed by atoms with Crippen molar-refractivity contribution < 1.29 is 28.0 Å². The molecule has 9 heteroatoms. The van der Waals surface area contributed by atoms with Gasteiger partial charge in [-0.3, -0.25) is 24.5 Å². The largest absolute Gasteiger partial charge is 0.345 e. The number of nitrogens with one attached hydrogen (secondary N) is 2. The number of halogens is 2. The molecule has 2 aliphatic heterocycles. The van der Waals surface area contributed by atoms with E-state index in [0.717, 1.165) is 12.1 Å². The maximum absolute atomic E-state index is 14.0. The second-order valence-electron chi connectivity index (χ2n) is 7.63. The molecule has 0 radical (unpaired) electrons. The van der Waals surface area contributed by atoms with Crippen LogP contribution >= 0.6 is 0 Å². The monoisotopic (exact) mass is 427 g/mol. The molecule has 2 unspecified atom stereocenters. The lowest BCUT2D eigenvalue weighted by atomic mass is 10.0. The number of amides is 4. The van der Waals surface area contributed by atoms with Gasteiger partial charge in [-0.15, -0.1) is 0 Å². The van der Waals surface area contributed by atoms with Gasteiger partial charge in [0.05, 0.1) is 6.04 Å². The number of benzene rings is 2. The summed E-state index contributed by atoms with van der Waals surface area (Å²) in [5.74, 6) is -3.15. The van der Waals surface area contributed by atoms with Crippen molar-refractivity contribution in [3.8, 4) is 0 Å². The molecule has 2 aromatic carbocycles. The van der Waals surface area contributed by atoms with Crippen LogP contribution in [0.25, 0.3) is 0 Å². The standard InChI is InChI=1S/C22H19F2N3O4/c1-11(15-5-3-14(23)9-17(15)24)25-20(29)12-2-4-16-13(8-12)10-27(22(16)31)18-6-7-19(28)26-21(18)30/h2-5,8-9,11,18H,6-7,10H2,1H3,(H,25,29)(H,26,28,30). The van der Waals surface area contributed by atoms with Gasteiger partial charge in [0.15, 0.2) is 0 Å². The molecule has 1 fully saturated rings. The predicted molar refractivity (Wildman–Crippen MR) is 105 cm³/mol. The van der Waals surface area contributed by atoms with Crippen LogP contribution in [-0.4, -0.2) is 34.6 Å². The van der Waals surface area contributed by atoms with E-state index < -0.39 is 35.5 Å². The zero-order valence-corrected chi connectivity index (χ0v) is 16.6. The van der Waals surface area contributed by atoms with Crippen LogP contribution in [0.2, 0.25) is 0 Å². The number of piperidine rings is 1. The van der Waals surface area contributed by atoms with Gasteiger partial charge in [0.1, 0.15) is 17.7 Å². The number of carbonyl (C=O) groups excluding carboxylic acids is 4. The fourth-order valence-electron chi connectivity index (χ4n) is 3.93. The Labute approximate surface area is 176 Å². The Morgan fingerprint density at radius 2 is 1.94 bits per heavy atom. The van der Waals surface area contributed by atoms with Gasteiger partial charge in [-0.2, -0.15) is 0 Å². The van der Waals surface area contributed by atoms with E-state index in [1.54, 1.807) is 13.0 Å². The molecular weight excluding hydrogens is 408 g/mol. The highest BCUT2D eigenvalue weighted by molar-refractivity contribution is 6.06. The highest BCUT2D eigenvalue weighted by Crippen LogP contribution is 2.28. The van der Waals surface area contributed by atoms with Crippen LogP contribution < -0.4 is 10.6 Å². The van der Waals surface area contributed by atoms with E-state index in [1.165, 1.54) is 23.1 Å². The first kappa shape index (κ1) is 20.6.